The third kappa shape index (κ3) is 3.29. The number of carbonyl (C=O) groups excluding carboxylic acids is 1. The number of hydrogen-bond donors (Lipinski definition) is 3. The highest BCUT2D eigenvalue weighted by atomic mass is 16.3. The zero-order valence-electron chi connectivity index (χ0n) is 18.4. The van der Waals surface area contributed by atoms with Crippen LogP contribution in [-0.2, 0) is 0 Å². The lowest BCUT2D eigenvalue weighted by molar-refractivity contribution is 0.0874. The van der Waals surface area contributed by atoms with Crippen LogP contribution in [0.15, 0.2) is 36.8 Å². The van der Waals surface area contributed by atoms with E-state index in [4.69, 9.17) is 4.98 Å². The van der Waals surface area contributed by atoms with Gasteiger partial charge in [0, 0.05) is 25.5 Å². The predicted molar refractivity (Wildman–Crippen MR) is 122 cm³/mol. The average Bonchev–Trinajstić information content (AvgIpc) is 3.52. The number of anilines is 1. The van der Waals surface area contributed by atoms with Crippen molar-refractivity contribution in [2.75, 3.05) is 12.4 Å². The molecular formula is C23H27N7O2. The summed E-state index contributed by atoms with van der Waals surface area (Å²) in [4.78, 5) is 22.4. The molecule has 4 aromatic rings. The molecule has 1 fully saturated rings. The fourth-order valence-electron chi connectivity index (χ4n) is 4.48. The van der Waals surface area contributed by atoms with Gasteiger partial charge in [0.1, 0.15) is 17.0 Å². The standard InChI is InChI=1S/C23H27N7O2/c1-13(2)14-7-8-18(29-10-9-25-21(14)29)17-11-20(24-3)30-22(27-17)15(12-26-30)23(32)28-16-5-4-6-19(16)31/h7-13,16,19,24,31H,4-6H2,1-3H3,(H,28,32)/t16?,19-/m1/s1. The van der Waals surface area contributed by atoms with E-state index in [-0.39, 0.29) is 11.9 Å². The lowest BCUT2D eigenvalue weighted by Crippen LogP contribution is -2.39. The molecule has 1 aliphatic carbocycles. The molecule has 5 rings (SSSR count). The molecule has 4 aromatic heterocycles. The van der Waals surface area contributed by atoms with Crippen LogP contribution < -0.4 is 10.6 Å². The number of aliphatic hydroxyl groups is 1. The molecule has 1 saturated carbocycles. The average molecular weight is 434 g/mol. The Balaban J connectivity index is 1.62. The van der Waals surface area contributed by atoms with Crippen molar-refractivity contribution in [3.8, 4) is 11.4 Å². The van der Waals surface area contributed by atoms with Gasteiger partial charge < -0.3 is 15.7 Å². The van der Waals surface area contributed by atoms with Crippen molar-refractivity contribution in [2.24, 2.45) is 0 Å². The van der Waals surface area contributed by atoms with Crippen molar-refractivity contribution in [3.63, 3.8) is 0 Å². The molecule has 166 valence electrons. The molecule has 32 heavy (non-hydrogen) atoms. The monoisotopic (exact) mass is 433 g/mol. The number of amides is 1. The normalized spacial score (nSPS) is 18.7. The Morgan fingerprint density at radius 3 is 2.81 bits per heavy atom. The van der Waals surface area contributed by atoms with Gasteiger partial charge >= 0.3 is 0 Å². The number of nitrogens with one attached hydrogen (secondary N) is 2. The van der Waals surface area contributed by atoms with Gasteiger partial charge in [0.25, 0.3) is 5.91 Å². The Morgan fingerprint density at radius 2 is 2.09 bits per heavy atom. The van der Waals surface area contributed by atoms with Gasteiger partial charge in [-0.05, 0) is 36.8 Å². The lowest BCUT2D eigenvalue weighted by Gasteiger charge is -2.16. The third-order valence-corrected chi connectivity index (χ3v) is 6.23. The van der Waals surface area contributed by atoms with Gasteiger partial charge in [-0.2, -0.15) is 9.61 Å². The molecule has 2 atom stereocenters. The third-order valence-electron chi connectivity index (χ3n) is 6.23. The summed E-state index contributed by atoms with van der Waals surface area (Å²) in [6.45, 7) is 4.29. The molecule has 0 saturated heterocycles. The first-order chi connectivity index (χ1) is 15.5. The molecule has 0 bridgehead atoms. The van der Waals surface area contributed by atoms with E-state index in [2.05, 4.69) is 40.6 Å². The Hall–Kier alpha value is -3.46. The summed E-state index contributed by atoms with van der Waals surface area (Å²) >= 11 is 0. The van der Waals surface area contributed by atoms with E-state index < -0.39 is 6.10 Å². The molecule has 9 nitrogen and oxygen atoms in total. The molecule has 9 heteroatoms. The maximum Gasteiger partial charge on any atom is 0.257 e. The molecule has 4 heterocycles. The van der Waals surface area contributed by atoms with Crippen LogP contribution in [0.1, 0.15) is 54.9 Å². The van der Waals surface area contributed by atoms with Crippen LogP contribution in [0.5, 0.6) is 0 Å². The van der Waals surface area contributed by atoms with Crippen molar-refractivity contribution in [2.45, 2.75) is 51.2 Å². The van der Waals surface area contributed by atoms with Gasteiger partial charge in [-0.15, -0.1) is 0 Å². The van der Waals surface area contributed by atoms with Crippen molar-refractivity contribution < 1.29 is 9.90 Å². The number of pyridine rings is 1. The second-order valence-electron chi connectivity index (χ2n) is 8.60. The van der Waals surface area contributed by atoms with Gasteiger partial charge in [0.15, 0.2) is 5.65 Å². The molecule has 1 amide bonds. The number of rotatable bonds is 5. The number of hydrogen-bond acceptors (Lipinski definition) is 6. The van der Waals surface area contributed by atoms with Crippen LogP contribution in [-0.4, -0.2) is 54.2 Å². The van der Waals surface area contributed by atoms with E-state index >= 15 is 0 Å². The molecular weight excluding hydrogens is 406 g/mol. The number of carbonyl (C=O) groups is 1. The van der Waals surface area contributed by atoms with Crippen LogP contribution in [0, 0.1) is 0 Å². The van der Waals surface area contributed by atoms with Gasteiger partial charge in [0.2, 0.25) is 0 Å². The molecule has 1 unspecified atom stereocenters. The number of fused-ring (bicyclic) bond motifs is 2. The second-order valence-corrected chi connectivity index (χ2v) is 8.60. The Labute approximate surface area is 185 Å². The number of imidazole rings is 1. The van der Waals surface area contributed by atoms with Crippen LogP contribution in [0.4, 0.5) is 5.82 Å². The lowest BCUT2D eigenvalue weighted by atomic mass is 10.0. The molecule has 0 aliphatic heterocycles. The highest BCUT2D eigenvalue weighted by Crippen LogP contribution is 2.28. The van der Waals surface area contributed by atoms with E-state index in [1.54, 1.807) is 10.7 Å². The first-order valence-corrected chi connectivity index (χ1v) is 11.0. The summed E-state index contributed by atoms with van der Waals surface area (Å²) in [6.07, 6.45) is 7.11. The highest BCUT2D eigenvalue weighted by molar-refractivity contribution is 6.00. The van der Waals surface area contributed by atoms with E-state index in [9.17, 15) is 9.90 Å². The van der Waals surface area contributed by atoms with Crippen molar-refractivity contribution in [1.29, 1.82) is 0 Å². The summed E-state index contributed by atoms with van der Waals surface area (Å²) in [7, 11) is 1.81. The molecule has 0 radical (unpaired) electrons. The zero-order valence-corrected chi connectivity index (χ0v) is 18.4. The number of aliphatic hydroxyl groups excluding tert-OH is 1. The van der Waals surface area contributed by atoms with Crippen LogP contribution in [0.2, 0.25) is 0 Å². The minimum atomic E-state index is -0.508. The van der Waals surface area contributed by atoms with Crippen LogP contribution in [0.3, 0.4) is 0 Å². The topological polar surface area (TPSA) is 109 Å². The summed E-state index contributed by atoms with van der Waals surface area (Å²) in [5.41, 5.74) is 4.47. The first-order valence-electron chi connectivity index (χ1n) is 11.0. The minimum Gasteiger partial charge on any atom is -0.391 e. The molecule has 0 spiro atoms. The summed E-state index contributed by atoms with van der Waals surface area (Å²) in [5, 5.41) is 20.6. The van der Waals surface area contributed by atoms with Crippen molar-refractivity contribution in [1.82, 2.24) is 29.3 Å². The predicted octanol–water partition coefficient (Wildman–Crippen LogP) is 2.85. The van der Waals surface area contributed by atoms with Gasteiger partial charge in [-0.3, -0.25) is 9.20 Å². The fraction of sp³-hybridized carbons (Fsp3) is 0.391. The van der Waals surface area contributed by atoms with Crippen LogP contribution in [0.25, 0.3) is 22.7 Å². The zero-order chi connectivity index (χ0) is 22.4. The quantitative estimate of drug-likeness (QED) is 0.447. The van der Waals surface area contributed by atoms with E-state index in [1.165, 1.54) is 6.20 Å². The van der Waals surface area contributed by atoms with Gasteiger partial charge in [-0.1, -0.05) is 19.9 Å². The maximum atomic E-state index is 13.0. The fourth-order valence-corrected chi connectivity index (χ4v) is 4.48. The Kier molecular flexibility index (Phi) is 5.05. The maximum absolute atomic E-state index is 13.0. The first kappa shape index (κ1) is 20.4. The summed E-state index contributed by atoms with van der Waals surface area (Å²) in [6, 6.07) is 5.79. The van der Waals surface area contributed by atoms with Gasteiger partial charge in [0.05, 0.1) is 29.7 Å². The molecule has 3 N–H and O–H groups in total. The SMILES string of the molecule is CNc1cc(-c2ccc(C(C)C)c3nccn23)nc2c(C(=O)NC3CCC[C@H]3O)cnn12. The second kappa shape index (κ2) is 7.90. The molecule has 0 aromatic carbocycles. The van der Waals surface area contributed by atoms with Crippen molar-refractivity contribution >= 4 is 23.0 Å². The van der Waals surface area contributed by atoms with E-state index in [0.717, 1.165) is 29.7 Å². The smallest absolute Gasteiger partial charge is 0.257 e. The largest absolute Gasteiger partial charge is 0.391 e. The molecule has 1 aliphatic rings. The van der Waals surface area contributed by atoms with Crippen molar-refractivity contribution in [3.05, 3.63) is 47.9 Å². The minimum absolute atomic E-state index is 0.237. The summed E-state index contributed by atoms with van der Waals surface area (Å²) in [5.74, 6) is 0.778. The Morgan fingerprint density at radius 1 is 1.25 bits per heavy atom. The number of nitrogens with zero attached hydrogens (tertiary/aromatic N) is 5. The number of aromatic nitrogens is 5. The van der Waals surface area contributed by atoms with Crippen LogP contribution >= 0.6 is 0 Å². The van der Waals surface area contributed by atoms with Gasteiger partial charge in [-0.25, -0.2) is 9.97 Å². The summed E-state index contributed by atoms with van der Waals surface area (Å²) < 4.78 is 3.65. The Bertz CT molecular complexity index is 1310. The highest BCUT2D eigenvalue weighted by Gasteiger charge is 2.28. The van der Waals surface area contributed by atoms with E-state index in [1.807, 2.05) is 29.8 Å². The van der Waals surface area contributed by atoms with E-state index in [0.29, 0.717) is 35.1 Å².